The van der Waals surface area contributed by atoms with Crippen molar-refractivity contribution in [1.82, 2.24) is 9.88 Å². The van der Waals surface area contributed by atoms with Crippen LogP contribution in [-0.2, 0) is 0 Å². The first-order chi connectivity index (χ1) is 13.5. The van der Waals surface area contributed by atoms with Gasteiger partial charge in [0.25, 0.3) is 5.91 Å². The summed E-state index contributed by atoms with van der Waals surface area (Å²) in [6, 6.07) is 15.3. The summed E-state index contributed by atoms with van der Waals surface area (Å²) in [4.78, 5) is 19.8. The molecule has 0 spiro atoms. The third kappa shape index (κ3) is 3.28. The minimum absolute atomic E-state index is 0.157. The maximum atomic E-state index is 13.4. The second kappa shape index (κ2) is 7.34. The molecule has 1 aliphatic rings. The number of hydrogen-bond acceptors (Lipinski definition) is 4. The lowest BCUT2D eigenvalue weighted by atomic mass is 9.99. The number of amides is 1. The van der Waals surface area contributed by atoms with E-state index >= 15 is 0 Å². The lowest BCUT2D eigenvalue weighted by molar-refractivity contribution is 0.0667. The Kier molecular flexibility index (Phi) is 4.87. The molecule has 4 rings (SSSR count). The number of aryl methyl sites for hydroxylation is 2. The molecule has 5 nitrogen and oxygen atoms in total. The summed E-state index contributed by atoms with van der Waals surface area (Å²) in [7, 11) is 0. The zero-order valence-corrected chi connectivity index (χ0v) is 16.1. The number of benzene rings is 2. The van der Waals surface area contributed by atoms with E-state index in [1.807, 2.05) is 62.4 Å². The van der Waals surface area contributed by atoms with E-state index in [0.29, 0.717) is 12.0 Å². The van der Waals surface area contributed by atoms with Gasteiger partial charge in [-0.2, -0.15) is 0 Å². The Hall–Kier alpha value is -2.76. The van der Waals surface area contributed by atoms with Gasteiger partial charge in [-0.3, -0.25) is 4.79 Å². The molecule has 144 valence electrons. The van der Waals surface area contributed by atoms with E-state index in [4.69, 9.17) is 4.98 Å². The van der Waals surface area contributed by atoms with E-state index in [0.717, 1.165) is 33.3 Å². The average molecular weight is 376 g/mol. The summed E-state index contributed by atoms with van der Waals surface area (Å²) in [5, 5.41) is 20.5. The highest BCUT2D eigenvalue weighted by Crippen LogP contribution is 2.30. The van der Waals surface area contributed by atoms with Crippen LogP contribution in [-0.4, -0.2) is 51.3 Å². The molecule has 0 saturated carbocycles. The van der Waals surface area contributed by atoms with Crippen LogP contribution in [0.15, 0.2) is 48.5 Å². The summed E-state index contributed by atoms with van der Waals surface area (Å²) in [6.07, 6.45) is -0.207. The third-order valence-corrected chi connectivity index (χ3v) is 5.59. The minimum atomic E-state index is -0.605. The molecule has 1 aromatic heterocycles. The SMILES string of the molecule is Cc1cc2nc(-c3ccccc3)cc(C(=O)N3C[C@@H](O)C[C@H]3CO)c2cc1C. The maximum Gasteiger partial charge on any atom is 0.255 e. The average Bonchev–Trinajstić information content (AvgIpc) is 3.09. The van der Waals surface area contributed by atoms with Crippen LogP contribution in [0.25, 0.3) is 22.2 Å². The van der Waals surface area contributed by atoms with Gasteiger partial charge in [0.15, 0.2) is 0 Å². The Morgan fingerprint density at radius 2 is 1.86 bits per heavy atom. The van der Waals surface area contributed by atoms with Crippen LogP contribution in [0.1, 0.15) is 27.9 Å². The van der Waals surface area contributed by atoms with Gasteiger partial charge in [-0.05, 0) is 49.6 Å². The van der Waals surface area contributed by atoms with Crippen LogP contribution < -0.4 is 0 Å². The van der Waals surface area contributed by atoms with E-state index in [2.05, 4.69) is 0 Å². The predicted octanol–water partition coefficient (Wildman–Crippen LogP) is 3.09. The fourth-order valence-electron chi connectivity index (χ4n) is 3.89. The standard InChI is InChI=1S/C23H24N2O3/c1-14-8-19-20(23(28)25-12-18(27)10-17(25)13-26)11-21(16-6-4-3-5-7-16)24-22(19)9-15(14)2/h3-9,11,17-18,26-27H,10,12-13H2,1-2H3/t17-,18-/m0/s1. The Labute approximate surface area is 164 Å². The molecule has 0 bridgehead atoms. The number of aromatic nitrogens is 1. The van der Waals surface area contributed by atoms with Gasteiger partial charge < -0.3 is 15.1 Å². The molecule has 1 saturated heterocycles. The van der Waals surface area contributed by atoms with Crippen molar-refractivity contribution in [2.24, 2.45) is 0 Å². The van der Waals surface area contributed by atoms with Crippen molar-refractivity contribution < 1.29 is 15.0 Å². The van der Waals surface area contributed by atoms with E-state index < -0.39 is 6.10 Å². The summed E-state index contributed by atoms with van der Waals surface area (Å²) in [5.41, 5.74) is 5.22. The largest absolute Gasteiger partial charge is 0.394 e. The lowest BCUT2D eigenvalue weighted by Crippen LogP contribution is -2.38. The predicted molar refractivity (Wildman–Crippen MR) is 109 cm³/mol. The van der Waals surface area contributed by atoms with Crippen LogP contribution in [0.4, 0.5) is 0 Å². The van der Waals surface area contributed by atoms with E-state index in [1.165, 1.54) is 0 Å². The van der Waals surface area contributed by atoms with Crippen molar-refractivity contribution in [1.29, 1.82) is 0 Å². The molecule has 1 amide bonds. The quantitative estimate of drug-likeness (QED) is 0.737. The van der Waals surface area contributed by atoms with Gasteiger partial charge >= 0.3 is 0 Å². The number of rotatable bonds is 3. The number of hydrogen-bond donors (Lipinski definition) is 2. The van der Waals surface area contributed by atoms with E-state index in [9.17, 15) is 15.0 Å². The van der Waals surface area contributed by atoms with Gasteiger partial charge in [0.1, 0.15) is 0 Å². The summed E-state index contributed by atoms with van der Waals surface area (Å²) >= 11 is 0. The highest BCUT2D eigenvalue weighted by atomic mass is 16.3. The zero-order chi connectivity index (χ0) is 19.8. The number of nitrogens with zero attached hydrogens (tertiary/aromatic N) is 2. The smallest absolute Gasteiger partial charge is 0.255 e. The van der Waals surface area contributed by atoms with Crippen molar-refractivity contribution >= 4 is 16.8 Å². The molecule has 1 fully saturated rings. The molecule has 5 heteroatoms. The Morgan fingerprint density at radius 1 is 1.14 bits per heavy atom. The van der Waals surface area contributed by atoms with Crippen LogP contribution in [0.2, 0.25) is 0 Å². The Bertz CT molecular complexity index is 1030. The lowest BCUT2D eigenvalue weighted by Gasteiger charge is -2.24. The fraction of sp³-hybridized carbons (Fsp3) is 0.304. The van der Waals surface area contributed by atoms with Crippen LogP contribution in [0, 0.1) is 13.8 Å². The molecule has 2 N–H and O–H groups in total. The molecular formula is C23H24N2O3. The Balaban J connectivity index is 1.90. The molecule has 0 radical (unpaired) electrons. The maximum absolute atomic E-state index is 13.4. The van der Waals surface area contributed by atoms with Crippen molar-refractivity contribution in [2.75, 3.05) is 13.2 Å². The monoisotopic (exact) mass is 376 g/mol. The summed E-state index contributed by atoms with van der Waals surface area (Å²) in [6.45, 7) is 4.13. The molecule has 1 aliphatic heterocycles. The van der Waals surface area contributed by atoms with Gasteiger partial charge in [0, 0.05) is 17.5 Å². The molecule has 0 aliphatic carbocycles. The first-order valence-electron chi connectivity index (χ1n) is 9.55. The molecular weight excluding hydrogens is 352 g/mol. The first kappa shape index (κ1) is 18.6. The molecule has 2 aromatic carbocycles. The number of pyridine rings is 1. The van der Waals surface area contributed by atoms with Crippen molar-refractivity contribution in [2.45, 2.75) is 32.4 Å². The molecule has 0 unspecified atom stereocenters. The number of carbonyl (C=O) groups is 1. The van der Waals surface area contributed by atoms with Gasteiger partial charge in [-0.15, -0.1) is 0 Å². The van der Waals surface area contributed by atoms with Crippen molar-refractivity contribution in [3.05, 3.63) is 65.2 Å². The zero-order valence-electron chi connectivity index (χ0n) is 16.1. The molecule has 2 heterocycles. The minimum Gasteiger partial charge on any atom is -0.394 e. The van der Waals surface area contributed by atoms with Gasteiger partial charge in [-0.25, -0.2) is 4.98 Å². The molecule has 3 aromatic rings. The normalized spacial score (nSPS) is 19.4. The fourth-order valence-corrected chi connectivity index (χ4v) is 3.89. The number of fused-ring (bicyclic) bond motifs is 1. The van der Waals surface area contributed by atoms with E-state index in [1.54, 1.807) is 4.90 Å². The van der Waals surface area contributed by atoms with Crippen LogP contribution >= 0.6 is 0 Å². The Morgan fingerprint density at radius 3 is 2.57 bits per heavy atom. The number of aliphatic hydroxyl groups is 2. The second-order valence-corrected chi connectivity index (χ2v) is 7.56. The van der Waals surface area contributed by atoms with Crippen molar-refractivity contribution in [3.8, 4) is 11.3 Å². The highest BCUT2D eigenvalue weighted by molar-refractivity contribution is 6.07. The summed E-state index contributed by atoms with van der Waals surface area (Å²) in [5.74, 6) is -0.177. The molecule has 2 atom stereocenters. The number of carbonyl (C=O) groups excluding carboxylic acids is 1. The third-order valence-electron chi connectivity index (χ3n) is 5.59. The topological polar surface area (TPSA) is 73.7 Å². The van der Waals surface area contributed by atoms with Gasteiger partial charge in [0.05, 0.1) is 35.5 Å². The second-order valence-electron chi connectivity index (χ2n) is 7.56. The van der Waals surface area contributed by atoms with E-state index in [-0.39, 0.29) is 25.1 Å². The van der Waals surface area contributed by atoms with Crippen LogP contribution in [0.5, 0.6) is 0 Å². The van der Waals surface area contributed by atoms with Crippen molar-refractivity contribution in [3.63, 3.8) is 0 Å². The van der Waals surface area contributed by atoms with Gasteiger partial charge in [0.2, 0.25) is 0 Å². The first-order valence-corrected chi connectivity index (χ1v) is 9.55. The molecule has 28 heavy (non-hydrogen) atoms. The number of aliphatic hydroxyl groups excluding tert-OH is 2. The number of likely N-dealkylation sites (tertiary alicyclic amines) is 1. The van der Waals surface area contributed by atoms with Crippen LogP contribution in [0.3, 0.4) is 0 Å². The number of β-amino-alcohol motifs (C(OH)–C–C–N with tert-alkyl or cyclic N) is 1. The summed E-state index contributed by atoms with van der Waals surface area (Å²) < 4.78 is 0. The highest BCUT2D eigenvalue weighted by Gasteiger charge is 2.35. The van der Waals surface area contributed by atoms with Gasteiger partial charge in [-0.1, -0.05) is 30.3 Å².